The molecule has 8 heteroatoms. The van der Waals surface area contributed by atoms with Crippen molar-refractivity contribution < 1.29 is 9.53 Å². The maximum Gasteiger partial charge on any atom is 0.407 e. The summed E-state index contributed by atoms with van der Waals surface area (Å²) in [6.45, 7) is 4.70. The second kappa shape index (κ2) is 8.74. The van der Waals surface area contributed by atoms with E-state index < -0.39 is 6.09 Å². The van der Waals surface area contributed by atoms with Gasteiger partial charge in [0.2, 0.25) is 0 Å². The number of aromatic amines is 1. The summed E-state index contributed by atoms with van der Waals surface area (Å²) in [5, 5.41) is 12.9. The van der Waals surface area contributed by atoms with Crippen LogP contribution >= 0.6 is 0 Å². The highest BCUT2D eigenvalue weighted by Crippen LogP contribution is 2.37. The maximum absolute atomic E-state index is 12.1. The number of carbonyl (C=O) groups is 1. The number of aromatic nitrogens is 4. The molecule has 1 fully saturated rings. The van der Waals surface area contributed by atoms with Crippen molar-refractivity contribution in [2.45, 2.75) is 58.5 Å². The Morgan fingerprint density at radius 1 is 1.40 bits per heavy atom. The zero-order valence-corrected chi connectivity index (χ0v) is 17.5. The van der Waals surface area contributed by atoms with Gasteiger partial charge in [-0.05, 0) is 43.6 Å². The van der Waals surface area contributed by atoms with Gasteiger partial charge in [-0.25, -0.2) is 14.8 Å². The molecule has 158 valence electrons. The van der Waals surface area contributed by atoms with E-state index in [9.17, 15) is 4.79 Å². The Labute approximate surface area is 175 Å². The third-order valence-electron chi connectivity index (χ3n) is 5.81. The average Bonchev–Trinajstić information content (AvgIpc) is 3.35. The number of hydrogen-bond acceptors (Lipinski definition) is 5. The van der Waals surface area contributed by atoms with E-state index >= 15 is 0 Å². The van der Waals surface area contributed by atoms with Gasteiger partial charge in [-0.1, -0.05) is 13.8 Å². The first kappa shape index (κ1) is 20.2. The molecule has 30 heavy (non-hydrogen) atoms. The quantitative estimate of drug-likeness (QED) is 0.627. The standard InChI is InChI=1S/C22H28N6O2/c1-14(2)13-30-22(29)26-12-19-27-18-11-25-21-17(8-10-24-21)20(18)28(19)16-5-3-15(4-6-16)7-9-23/h8,10-11,14-16H,3-7,12-13H2,1-2H3,(H,24,25)(H,26,29)/t15-,16-. The van der Waals surface area contributed by atoms with Gasteiger partial charge in [0.15, 0.2) is 0 Å². The van der Waals surface area contributed by atoms with Crippen LogP contribution in [0.15, 0.2) is 18.5 Å². The number of H-pyrrole nitrogens is 1. The summed E-state index contributed by atoms with van der Waals surface area (Å²) in [5.41, 5.74) is 2.71. The number of rotatable bonds is 6. The van der Waals surface area contributed by atoms with Crippen LogP contribution in [0.4, 0.5) is 4.79 Å². The number of amides is 1. The monoisotopic (exact) mass is 408 g/mol. The summed E-state index contributed by atoms with van der Waals surface area (Å²) in [5.74, 6) is 1.57. The summed E-state index contributed by atoms with van der Waals surface area (Å²) < 4.78 is 7.52. The molecule has 0 aliphatic heterocycles. The third-order valence-corrected chi connectivity index (χ3v) is 5.81. The third kappa shape index (κ3) is 4.11. The molecule has 8 nitrogen and oxygen atoms in total. The number of ether oxygens (including phenoxy) is 1. The molecule has 0 radical (unpaired) electrons. The lowest BCUT2D eigenvalue weighted by molar-refractivity contribution is 0.132. The summed E-state index contributed by atoms with van der Waals surface area (Å²) in [4.78, 5) is 24.5. The van der Waals surface area contributed by atoms with E-state index in [2.05, 4.69) is 25.9 Å². The van der Waals surface area contributed by atoms with E-state index in [1.54, 1.807) is 6.20 Å². The molecule has 3 aromatic heterocycles. The molecule has 0 atom stereocenters. The second-order valence-corrected chi connectivity index (χ2v) is 8.51. The van der Waals surface area contributed by atoms with E-state index in [-0.39, 0.29) is 12.0 Å². The maximum atomic E-state index is 12.1. The number of nitrogens with one attached hydrogen (secondary N) is 2. The fraction of sp³-hybridized carbons (Fsp3) is 0.545. The van der Waals surface area contributed by atoms with Gasteiger partial charge in [-0.3, -0.25) is 0 Å². The summed E-state index contributed by atoms with van der Waals surface area (Å²) >= 11 is 0. The lowest BCUT2D eigenvalue weighted by Gasteiger charge is -2.30. The summed E-state index contributed by atoms with van der Waals surface area (Å²) in [6.07, 6.45) is 7.93. The van der Waals surface area contributed by atoms with Crippen LogP contribution in [0, 0.1) is 23.2 Å². The Bertz CT molecular complexity index is 1070. The molecule has 1 amide bonds. The van der Waals surface area contributed by atoms with Gasteiger partial charge in [0.05, 0.1) is 30.9 Å². The Kier molecular flexibility index (Phi) is 5.88. The predicted molar refractivity (Wildman–Crippen MR) is 114 cm³/mol. The van der Waals surface area contributed by atoms with Gasteiger partial charge < -0.3 is 19.6 Å². The second-order valence-electron chi connectivity index (χ2n) is 8.51. The van der Waals surface area contributed by atoms with Crippen LogP contribution in [0.1, 0.15) is 57.8 Å². The van der Waals surface area contributed by atoms with Gasteiger partial charge in [-0.15, -0.1) is 0 Å². The minimum absolute atomic E-state index is 0.286. The molecule has 0 aromatic carbocycles. The summed E-state index contributed by atoms with van der Waals surface area (Å²) in [6, 6.07) is 4.62. The number of alkyl carbamates (subject to hydrolysis) is 1. The first-order valence-corrected chi connectivity index (χ1v) is 10.7. The largest absolute Gasteiger partial charge is 0.449 e. The lowest BCUT2D eigenvalue weighted by atomic mass is 9.84. The Hall–Kier alpha value is -3.08. The molecule has 4 rings (SSSR count). The molecule has 0 bridgehead atoms. The van der Waals surface area contributed by atoms with E-state index in [1.165, 1.54) is 0 Å². The molecule has 1 aliphatic carbocycles. The molecule has 3 heterocycles. The minimum Gasteiger partial charge on any atom is -0.449 e. The predicted octanol–water partition coefficient (Wildman–Crippen LogP) is 4.44. The smallest absolute Gasteiger partial charge is 0.407 e. The van der Waals surface area contributed by atoms with E-state index in [0.717, 1.165) is 53.6 Å². The number of nitriles is 1. The Morgan fingerprint density at radius 2 is 2.20 bits per heavy atom. The van der Waals surface area contributed by atoms with Gasteiger partial charge in [0.1, 0.15) is 17.0 Å². The molecule has 0 spiro atoms. The Morgan fingerprint density at radius 3 is 2.93 bits per heavy atom. The van der Waals surface area contributed by atoms with E-state index in [4.69, 9.17) is 15.0 Å². The molecule has 0 saturated heterocycles. The van der Waals surface area contributed by atoms with Crippen molar-refractivity contribution in [3.05, 3.63) is 24.3 Å². The van der Waals surface area contributed by atoms with E-state index in [1.807, 2.05) is 26.1 Å². The van der Waals surface area contributed by atoms with Crippen molar-refractivity contribution >= 4 is 28.2 Å². The Balaban J connectivity index is 1.63. The van der Waals surface area contributed by atoms with Crippen LogP contribution in [0.25, 0.3) is 22.1 Å². The van der Waals surface area contributed by atoms with Crippen molar-refractivity contribution in [2.24, 2.45) is 11.8 Å². The zero-order valence-electron chi connectivity index (χ0n) is 17.5. The van der Waals surface area contributed by atoms with Crippen molar-refractivity contribution in [3.8, 4) is 6.07 Å². The molecule has 1 saturated carbocycles. The van der Waals surface area contributed by atoms with Gasteiger partial charge >= 0.3 is 6.09 Å². The highest BCUT2D eigenvalue weighted by atomic mass is 16.5. The fourth-order valence-corrected chi connectivity index (χ4v) is 4.34. The number of imidazole rings is 1. The zero-order chi connectivity index (χ0) is 21.1. The number of nitrogens with zero attached hydrogens (tertiary/aromatic N) is 4. The molecule has 0 unspecified atom stereocenters. The molecule has 2 N–H and O–H groups in total. The topological polar surface area (TPSA) is 109 Å². The molecular formula is C22H28N6O2. The number of hydrogen-bond donors (Lipinski definition) is 2. The molecular weight excluding hydrogens is 380 g/mol. The number of carbonyl (C=O) groups excluding carboxylic acids is 1. The minimum atomic E-state index is -0.426. The van der Waals surface area contributed by atoms with Gasteiger partial charge in [-0.2, -0.15) is 5.26 Å². The van der Waals surface area contributed by atoms with Crippen LogP contribution in [-0.2, 0) is 11.3 Å². The van der Waals surface area contributed by atoms with Gasteiger partial charge in [0, 0.05) is 24.0 Å². The van der Waals surface area contributed by atoms with Crippen molar-refractivity contribution in [2.75, 3.05) is 6.61 Å². The van der Waals surface area contributed by atoms with Crippen LogP contribution in [0.3, 0.4) is 0 Å². The fourth-order valence-electron chi connectivity index (χ4n) is 4.34. The van der Waals surface area contributed by atoms with Crippen LogP contribution in [0.5, 0.6) is 0 Å². The van der Waals surface area contributed by atoms with Crippen LogP contribution in [-0.4, -0.2) is 32.2 Å². The number of fused-ring (bicyclic) bond motifs is 3. The lowest BCUT2D eigenvalue weighted by Crippen LogP contribution is -2.28. The average molecular weight is 409 g/mol. The number of pyridine rings is 1. The van der Waals surface area contributed by atoms with Crippen molar-refractivity contribution in [1.82, 2.24) is 24.8 Å². The van der Waals surface area contributed by atoms with Crippen molar-refractivity contribution in [1.29, 1.82) is 5.26 Å². The highest BCUT2D eigenvalue weighted by molar-refractivity contribution is 6.01. The SMILES string of the molecule is CC(C)COC(=O)NCc1nc2cnc3[nH]ccc3c2n1[C@H]1CC[C@H](CC#N)CC1. The van der Waals surface area contributed by atoms with Gasteiger partial charge in [0.25, 0.3) is 0 Å². The molecule has 3 aromatic rings. The van der Waals surface area contributed by atoms with Crippen LogP contribution < -0.4 is 5.32 Å². The molecule has 1 aliphatic rings. The van der Waals surface area contributed by atoms with Crippen LogP contribution in [0.2, 0.25) is 0 Å². The first-order chi connectivity index (χ1) is 14.6. The first-order valence-electron chi connectivity index (χ1n) is 10.7. The summed E-state index contributed by atoms with van der Waals surface area (Å²) in [7, 11) is 0. The van der Waals surface area contributed by atoms with Crippen molar-refractivity contribution in [3.63, 3.8) is 0 Å². The normalized spacial score (nSPS) is 19.3. The van der Waals surface area contributed by atoms with E-state index in [0.29, 0.717) is 25.5 Å². The highest BCUT2D eigenvalue weighted by Gasteiger charge is 2.27.